The van der Waals surface area contributed by atoms with Crippen molar-refractivity contribution in [3.05, 3.63) is 28.0 Å². The Morgan fingerprint density at radius 2 is 2.00 bits per heavy atom. The fraction of sp³-hybridized carbons (Fsp3) is 0.583. The summed E-state index contributed by atoms with van der Waals surface area (Å²) in [6.07, 6.45) is 0. The molecule has 0 fully saturated rings. The minimum absolute atomic E-state index is 0.434. The Bertz CT molecular complexity index is 377. The fourth-order valence-corrected chi connectivity index (χ4v) is 1.94. The van der Waals surface area contributed by atoms with Gasteiger partial charge in [0.15, 0.2) is 0 Å². The van der Waals surface area contributed by atoms with Crippen molar-refractivity contribution in [2.24, 2.45) is 0 Å². The molecule has 0 saturated carbocycles. The van der Waals surface area contributed by atoms with Crippen LogP contribution >= 0.6 is 23.2 Å². The second kappa shape index (κ2) is 6.01. The molecule has 0 spiro atoms. The van der Waals surface area contributed by atoms with Gasteiger partial charge < -0.3 is 5.11 Å². The van der Waals surface area contributed by atoms with Gasteiger partial charge in [0.05, 0.1) is 16.3 Å². The molecule has 0 aliphatic heterocycles. The third-order valence-corrected chi connectivity index (χ3v) is 2.87. The zero-order valence-electron chi connectivity index (χ0n) is 10.4. The van der Waals surface area contributed by atoms with Crippen LogP contribution in [0.15, 0.2) is 12.1 Å². The first-order chi connectivity index (χ1) is 7.81. The SMILES string of the molecule is CCN(Cc1nc(Cl)ccc1Cl)CC(C)(C)O. The maximum absolute atomic E-state index is 9.80. The van der Waals surface area contributed by atoms with Gasteiger partial charge in [-0.3, -0.25) is 4.90 Å². The molecule has 17 heavy (non-hydrogen) atoms. The number of pyridine rings is 1. The topological polar surface area (TPSA) is 36.4 Å². The molecule has 0 aliphatic carbocycles. The summed E-state index contributed by atoms with van der Waals surface area (Å²) in [6, 6.07) is 3.41. The molecule has 0 bridgehead atoms. The Kier molecular flexibility index (Phi) is 5.20. The van der Waals surface area contributed by atoms with Gasteiger partial charge in [-0.25, -0.2) is 4.98 Å². The van der Waals surface area contributed by atoms with Crippen molar-refractivity contribution in [2.45, 2.75) is 32.9 Å². The Morgan fingerprint density at radius 3 is 2.53 bits per heavy atom. The molecular formula is C12H18Cl2N2O. The molecule has 3 nitrogen and oxygen atoms in total. The van der Waals surface area contributed by atoms with Crippen molar-refractivity contribution >= 4 is 23.2 Å². The number of aromatic nitrogens is 1. The predicted octanol–water partition coefficient (Wildman–Crippen LogP) is 2.98. The molecule has 1 rings (SSSR count). The average molecular weight is 277 g/mol. The standard InChI is InChI=1S/C12H18Cl2N2O/c1-4-16(8-12(2,3)17)7-10-9(13)5-6-11(14)15-10/h5-6,17H,4,7-8H2,1-3H3. The van der Waals surface area contributed by atoms with Crippen molar-refractivity contribution in [2.75, 3.05) is 13.1 Å². The van der Waals surface area contributed by atoms with Crippen molar-refractivity contribution in [3.63, 3.8) is 0 Å². The van der Waals surface area contributed by atoms with Crippen molar-refractivity contribution < 1.29 is 5.11 Å². The highest BCUT2D eigenvalue weighted by atomic mass is 35.5. The number of hydrogen-bond donors (Lipinski definition) is 1. The van der Waals surface area contributed by atoms with Gasteiger partial charge in [0, 0.05) is 13.1 Å². The molecule has 96 valence electrons. The van der Waals surface area contributed by atoms with Gasteiger partial charge in [0.2, 0.25) is 0 Å². The molecule has 0 saturated heterocycles. The van der Waals surface area contributed by atoms with E-state index in [1.807, 2.05) is 6.92 Å². The number of likely N-dealkylation sites (N-methyl/N-ethyl adjacent to an activating group) is 1. The molecule has 0 aliphatic rings. The zero-order valence-corrected chi connectivity index (χ0v) is 11.9. The van der Waals surface area contributed by atoms with E-state index < -0.39 is 5.60 Å². The molecule has 1 aromatic rings. The Labute approximate surface area is 112 Å². The van der Waals surface area contributed by atoms with Gasteiger partial charge >= 0.3 is 0 Å². The summed E-state index contributed by atoms with van der Waals surface area (Å²) in [5.41, 5.74) is 0.00593. The number of halogens is 2. The number of nitrogens with zero attached hydrogens (tertiary/aromatic N) is 2. The van der Waals surface area contributed by atoms with Gasteiger partial charge in [0.1, 0.15) is 5.15 Å². The second-order valence-corrected chi connectivity index (χ2v) is 5.47. The lowest BCUT2D eigenvalue weighted by molar-refractivity contribution is 0.0350. The quantitative estimate of drug-likeness (QED) is 0.840. The van der Waals surface area contributed by atoms with Crippen LogP contribution in [0.25, 0.3) is 0 Å². The number of hydrogen-bond acceptors (Lipinski definition) is 3. The normalized spacial score (nSPS) is 12.2. The summed E-state index contributed by atoms with van der Waals surface area (Å²) >= 11 is 11.9. The summed E-state index contributed by atoms with van der Waals surface area (Å²) in [6.45, 7) is 7.55. The molecule has 1 N–H and O–H groups in total. The minimum Gasteiger partial charge on any atom is -0.389 e. The van der Waals surface area contributed by atoms with Gasteiger partial charge in [-0.15, -0.1) is 0 Å². The largest absolute Gasteiger partial charge is 0.389 e. The highest BCUT2D eigenvalue weighted by Gasteiger charge is 2.18. The highest BCUT2D eigenvalue weighted by molar-refractivity contribution is 6.32. The lowest BCUT2D eigenvalue weighted by Gasteiger charge is -2.27. The summed E-state index contributed by atoms with van der Waals surface area (Å²) < 4.78 is 0. The minimum atomic E-state index is -0.735. The molecule has 0 amide bonds. The molecule has 1 aromatic heterocycles. The summed E-state index contributed by atoms with van der Waals surface area (Å²) in [7, 11) is 0. The van der Waals surface area contributed by atoms with Gasteiger partial charge in [0.25, 0.3) is 0 Å². The third kappa shape index (κ3) is 5.21. The van der Waals surface area contributed by atoms with E-state index in [2.05, 4.69) is 9.88 Å². The van der Waals surface area contributed by atoms with Crippen LogP contribution in [-0.2, 0) is 6.54 Å². The summed E-state index contributed by atoms with van der Waals surface area (Å²) in [5.74, 6) is 0. The Hall–Kier alpha value is -0.350. The second-order valence-electron chi connectivity index (χ2n) is 4.68. The molecule has 0 aromatic carbocycles. The van der Waals surface area contributed by atoms with Crippen molar-refractivity contribution in [1.29, 1.82) is 0 Å². The zero-order chi connectivity index (χ0) is 13.1. The van der Waals surface area contributed by atoms with E-state index in [4.69, 9.17) is 23.2 Å². The van der Waals surface area contributed by atoms with Crippen LogP contribution in [-0.4, -0.2) is 33.7 Å². The fourth-order valence-electron chi connectivity index (χ4n) is 1.61. The predicted molar refractivity (Wildman–Crippen MR) is 71.5 cm³/mol. The molecular weight excluding hydrogens is 259 g/mol. The van der Waals surface area contributed by atoms with Crippen LogP contribution in [0.3, 0.4) is 0 Å². The lowest BCUT2D eigenvalue weighted by Crippen LogP contribution is -2.38. The monoisotopic (exact) mass is 276 g/mol. The van der Waals surface area contributed by atoms with Gasteiger partial charge in [-0.05, 0) is 32.5 Å². The molecule has 1 heterocycles. The van der Waals surface area contributed by atoms with E-state index in [-0.39, 0.29) is 0 Å². The van der Waals surface area contributed by atoms with E-state index >= 15 is 0 Å². The highest BCUT2D eigenvalue weighted by Crippen LogP contribution is 2.19. The third-order valence-electron chi connectivity index (χ3n) is 2.32. The van der Waals surface area contributed by atoms with E-state index in [0.717, 1.165) is 12.2 Å². The molecule has 5 heteroatoms. The number of aliphatic hydroxyl groups is 1. The van der Waals surface area contributed by atoms with Crippen LogP contribution in [0.1, 0.15) is 26.5 Å². The van der Waals surface area contributed by atoms with E-state index in [1.165, 1.54) is 0 Å². The first-order valence-electron chi connectivity index (χ1n) is 5.57. The van der Waals surface area contributed by atoms with Crippen LogP contribution in [0.2, 0.25) is 10.2 Å². The van der Waals surface area contributed by atoms with E-state index in [1.54, 1.807) is 26.0 Å². The van der Waals surface area contributed by atoms with Crippen LogP contribution < -0.4 is 0 Å². The maximum Gasteiger partial charge on any atom is 0.129 e. The molecule has 0 radical (unpaired) electrons. The average Bonchev–Trinajstić information content (AvgIpc) is 2.20. The smallest absolute Gasteiger partial charge is 0.129 e. The van der Waals surface area contributed by atoms with Gasteiger partial charge in [-0.1, -0.05) is 30.1 Å². The lowest BCUT2D eigenvalue weighted by atomic mass is 10.1. The molecule has 0 unspecified atom stereocenters. The van der Waals surface area contributed by atoms with Crippen molar-refractivity contribution in [3.8, 4) is 0 Å². The Morgan fingerprint density at radius 1 is 1.35 bits per heavy atom. The summed E-state index contributed by atoms with van der Waals surface area (Å²) in [4.78, 5) is 6.27. The van der Waals surface area contributed by atoms with Gasteiger partial charge in [-0.2, -0.15) is 0 Å². The van der Waals surface area contributed by atoms with Crippen molar-refractivity contribution in [1.82, 2.24) is 9.88 Å². The number of rotatable bonds is 5. The summed E-state index contributed by atoms with van der Waals surface area (Å²) in [5, 5.41) is 10.8. The van der Waals surface area contributed by atoms with E-state index in [0.29, 0.717) is 23.3 Å². The molecule has 0 atom stereocenters. The maximum atomic E-state index is 9.80. The Balaban J connectivity index is 2.77. The van der Waals surface area contributed by atoms with Crippen LogP contribution in [0, 0.1) is 0 Å². The van der Waals surface area contributed by atoms with Crippen LogP contribution in [0.4, 0.5) is 0 Å². The van der Waals surface area contributed by atoms with Crippen LogP contribution in [0.5, 0.6) is 0 Å². The first kappa shape index (κ1) is 14.7. The van der Waals surface area contributed by atoms with E-state index in [9.17, 15) is 5.11 Å². The first-order valence-corrected chi connectivity index (χ1v) is 6.33.